The molecule has 1 saturated carbocycles. The number of methoxy groups -OCH3 is 1. The summed E-state index contributed by atoms with van der Waals surface area (Å²) in [6.07, 6.45) is 3.31. The Morgan fingerprint density at radius 2 is 1.96 bits per heavy atom. The van der Waals surface area contributed by atoms with Gasteiger partial charge in [-0.3, -0.25) is 9.59 Å². The van der Waals surface area contributed by atoms with Gasteiger partial charge in [-0.25, -0.2) is 0 Å². The van der Waals surface area contributed by atoms with Crippen LogP contribution in [0.15, 0.2) is 12.1 Å². The second-order valence-corrected chi connectivity index (χ2v) is 6.61. The zero-order valence-corrected chi connectivity index (χ0v) is 15.3. The van der Waals surface area contributed by atoms with Crippen LogP contribution in [0.5, 0.6) is 11.5 Å². The molecule has 2 N–H and O–H groups in total. The zero-order chi connectivity index (χ0) is 18.4. The summed E-state index contributed by atoms with van der Waals surface area (Å²) in [6.45, 7) is 2.50. The third kappa shape index (κ3) is 5.01. The summed E-state index contributed by atoms with van der Waals surface area (Å²) in [6, 6.07) is 3.14. The first-order chi connectivity index (χ1) is 12.0. The van der Waals surface area contributed by atoms with Gasteiger partial charge in [0, 0.05) is 11.6 Å². The van der Waals surface area contributed by atoms with E-state index in [1.165, 1.54) is 7.11 Å². The summed E-state index contributed by atoms with van der Waals surface area (Å²) in [5, 5.41) is 12.3. The average molecular weight is 370 g/mol. The van der Waals surface area contributed by atoms with E-state index in [0.717, 1.165) is 6.42 Å². The maximum Gasteiger partial charge on any atom is 0.306 e. The third-order valence-electron chi connectivity index (χ3n) is 4.35. The average Bonchev–Trinajstić information content (AvgIpc) is 2.60. The number of ether oxygens (including phenoxy) is 2. The summed E-state index contributed by atoms with van der Waals surface area (Å²) in [4.78, 5) is 23.5. The predicted molar refractivity (Wildman–Crippen MR) is 94.6 cm³/mol. The van der Waals surface area contributed by atoms with Crippen LogP contribution in [0.25, 0.3) is 0 Å². The largest absolute Gasteiger partial charge is 0.493 e. The molecule has 0 aromatic heterocycles. The number of hydrogen-bond acceptors (Lipinski definition) is 4. The fourth-order valence-electron chi connectivity index (χ4n) is 2.95. The number of aliphatic carboxylic acids is 1. The molecule has 0 aliphatic heterocycles. The van der Waals surface area contributed by atoms with Gasteiger partial charge in [0.25, 0.3) is 5.91 Å². The number of rotatable bonds is 7. The van der Waals surface area contributed by atoms with Gasteiger partial charge < -0.3 is 19.9 Å². The summed E-state index contributed by atoms with van der Waals surface area (Å²) in [5.41, 5.74) is 0.394. The lowest BCUT2D eigenvalue weighted by Gasteiger charge is -2.27. The highest BCUT2D eigenvalue weighted by Crippen LogP contribution is 2.36. The normalized spacial score (nSPS) is 20.0. The van der Waals surface area contributed by atoms with Crippen molar-refractivity contribution in [1.82, 2.24) is 5.32 Å². The highest BCUT2D eigenvalue weighted by molar-refractivity contribution is 6.32. The van der Waals surface area contributed by atoms with Gasteiger partial charge in [0.2, 0.25) is 0 Å². The Bertz CT molecular complexity index is 626. The lowest BCUT2D eigenvalue weighted by Crippen LogP contribution is -2.38. The molecule has 2 rings (SSSR count). The van der Waals surface area contributed by atoms with Crippen LogP contribution >= 0.6 is 11.6 Å². The Balaban J connectivity index is 2.04. The molecule has 1 amide bonds. The summed E-state index contributed by atoms with van der Waals surface area (Å²) < 4.78 is 10.9. The minimum Gasteiger partial charge on any atom is -0.493 e. The Morgan fingerprint density at radius 1 is 1.28 bits per heavy atom. The molecule has 1 aromatic carbocycles. The molecule has 1 fully saturated rings. The van der Waals surface area contributed by atoms with Gasteiger partial charge in [-0.15, -0.1) is 0 Å². The third-order valence-corrected chi connectivity index (χ3v) is 4.63. The van der Waals surface area contributed by atoms with Crippen molar-refractivity contribution in [2.45, 2.75) is 45.1 Å². The fourth-order valence-corrected chi connectivity index (χ4v) is 3.21. The van der Waals surface area contributed by atoms with Gasteiger partial charge in [-0.2, -0.15) is 0 Å². The van der Waals surface area contributed by atoms with E-state index >= 15 is 0 Å². The topological polar surface area (TPSA) is 84.9 Å². The van der Waals surface area contributed by atoms with Crippen molar-refractivity contribution in [1.29, 1.82) is 0 Å². The van der Waals surface area contributed by atoms with Gasteiger partial charge in [-0.1, -0.05) is 18.5 Å². The smallest absolute Gasteiger partial charge is 0.306 e. The van der Waals surface area contributed by atoms with E-state index in [1.807, 2.05) is 6.92 Å². The molecule has 0 atom stereocenters. The van der Waals surface area contributed by atoms with Gasteiger partial charge in [0.1, 0.15) is 0 Å². The number of nitrogens with one attached hydrogen (secondary N) is 1. The SMILES string of the molecule is CCCOc1c(Cl)cc(C(=O)NC2CCC(C(=O)O)CC2)cc1OC. The lowest BCUT2D eigenvalue weighted by atomic mass is 9.86. The Labute approximate surface area is 152 Å². The number of carbonyl (C=O) groups excluding carboxylic acids is 1. The summed E-state index contributed by atoms with van der Waals surface area (Å²) in [5.74, 6) is -0.465. The molecule has 1 aromatic rings. The van der Waals surface area contributed by atoms with Crippen LogP contribution in [-0.2, 0) is 4.79 Å². The first kappa shape index (κ1) is 19.4. The van der Waals surface area contributed by atoms with E-state index in [0.29, 0.717) is 54.4 Å². The number of carboxylic acid groups (broad SMARTS) is 1. The van der Waals surface area contributed by atoms with Gasteiger partial charge in [0.05, 0.1) is 24.7 Å². The molecule has 1 aliphatic carbocycles. The van der Waals surface area contributed by atoms with Crippen molar-refractivity contribution in [3.05, 3.63) is 22.7 Å². The van der Waals surface area contributed by atoms with Crippen LogP contribution in [0.3, 0.4) is 0 Å². The lowest BCUT2D eigenvalue weighted by molar-refractivity contribution is -0.142. The monoisotopic (exact) mass is 369 g/mol. The fraction of sp³-hybridized carbons (Fsp3) is 0.556. The molecule has 7 heteroatoms. The van der Waals surface area contributed by atoms with E-state index in [2.05, 4.69) is 5.32 Å². The molecule has 0 spiro atoms. The van der Waals surface area contributed by atoms with Crippen LogP contribution in [0.4, 0.5) is 0 Å². The van der Waals surface area contributed by atoms with Crippen molar-refractivity contribution in [3.63, 3.8) is 0 Å². The Kier molecular flexibility index (Phi) is 6.93. The number of benzene rings is 1. The van der Waals surface area contributed by atoms with Crippen molar-refractivity contribution in [2.24, 2.45) is 5.92 Å². The van der Waals surface area contributed by atoms with Crippen molar-refractivity contribution < 1.29 is 24.2 Å². The molecule has 0 heterocycles. The van der Waals surface area contributed by atoms with Gasteiger partial charge in [0.15, 0.2) is 11.5 Å². The number of carbonyl (C=O) groups is 2. The quantitative estimate of drug-likeness (QED) is 0.768. The minimum atomic E-state index is -0.760. The number of carboxylic acids is 1. The van der Waals surface area contributed by atoms with Crippen LogP contribution in [0, 0.1) is 5.92 Å². The maximum absolute atomic E-state index is 12.5. The Morgan fingerprint density at radius 3 is 2.52 bits per heavy atom. The van der Waals surface area contributed by atoms with Crippen molar-refractivity contribution in [3.8, 4) is 11.5 Å². The maximum atomic E-state index is 12.5. The van der Waals surface area contributed by atoms with Crippen molar-refractivity contribution in [2.75, 3.05) is 13.7 Å². The highest BCUT2D eigenvalue weighted by atomic mass is 35.5. The molecule has 6 nitrogen and oxygen atoms in total. The van der Waals surface area contributed by atoms with Crippen LogP contribution in [0.2, 0.25) is 5.02 Å². The molecular weight excluding hydrogens is 346 g/mol. The molecular formula is C18H24ClNO5. The molecule has 0 saturated heterocycles. The first-order valence-electron chi connectivity index (χ1n) is 8.50. The van der Waals surface area contributed by atoms with Crippen LogP contribution in [0.1, 0.15) is 49.4 Å². The van der Waals surface area contributed by atoms with Gasteiger partial charge in [-0.05, 0) is 44.2 Å². The summed E-state index contributed by atoms with van der Waals surface area (Å²) >= 11 is 6.24. The number of halogens is 1. The second-order valence-electron chi connectivity index (χ2n) is 6.20. The van der Waals surface area contributed by atoms with E-state index in [4.69, 9.17) is 26.2 Å². The van der Waals surface area contributed by atoms with E-state index < -0.39 is 5.97 Å². The van der Waals surface area contributed by atoms with Crippen LogP contribution in [-0.4, -0.2) is 36.7 Å². The molecule has 25 heavy (non-hydrogen) atoms. The second kappa shape index (κ2) is 8.94. The number of amides is 1. The standard InChI is InChI=1S/C18H24ClNO5/c1-3-8-25-16-14(19)9-12(10-15(16)24-2)17(21)20-13-6-4-11(5-7-13)18(22)23/h9-11,13H,3-8H2,1-2H3,(H,20,21)(H,22,23). The molecule has 1 aliphatic rings. The van der Waals surface area contributed by atoms with Gasteiger partial charge >= 0.3 is 5.97 Å². The number of hydrogen-bond donors (Lipinski definition) is 2. The molecule has 138 valence electrons. The molecule has 0 bridgehead atoms. The Hall–Kier alpha value is -1.95. The van der Waals surface area contributed by atoms with E-state index in [9.17, 15) is 9.59 Å². The molecule has 0 unspecified atom stereocenters. The van der Waals surface area contributed by atoms with E-state index in [-0.39, 0.29) is 17.9 Å². The predicted octanol–water partition coefficient (Wildman–Crippen LogP) is 3.51. The zero-order valence-electron chi connectivity index (χ0n) is 14.5. The first-order valence-corrected chi connectivity index (χ1v) is 8.88. The molecule has 0 radical (unpaired) electrons. The minimum absolute atomic E-state index is 0.0242. The van der Waals surface area contributed by atoms with Crippen LogP contribution < -0.4 is 14.8 Å². The van der Waals surface area contributed by atoms with E-state index in [1.54, 1.807) is 12.1 Å². The van der Waals surface area contributed by atoms with Crippen molar-refractivity contribution >= 4 is 23.5 Å². The highest BCUT2D eigenvalue weighted by Gasteiger charge is 2.27. The summed E-state index contributed by atoms with van der Waals surface area (Å²) in [7, 11) is 1.50.